The Kier molecular flexibility index (Phi) is 4.70. The van der Waals surface area contributed by atoms with Gasteiger partial charge < -0.3 is 14.6 Å². The van der Waals surface area contributed by atoms with Gasteiger partial charge in [0.25, 0.3) is 5.91 Å². The van der Waals surface area contributed by atoms with E-state index in [1.165, 1.54) is 12.3 Å². The summed E-state index contributed by atoms with van der Waals surface area (Å²) in [5.41, 5.74) is 1.40. The van der Waals surface area contributed by atoms with Crippen molar-refractivity contribution in [2.24, 2.45) is 0 Å². The monoisotopic (exact) mass is 318 g/mol. The predicted molar refractivity (Wildman–Crippen MR) is 85.1 cm³/mol. The third kappa shape index (κ3) is 3.64. The predicted octanol–water partition coefficient (Wildman–Crippen LogP) is 2.26. The fourth-order valence-electron chi connectivity index (χ4n) is 2.58. The Morgan fingerprint density at radius 1 is 1.41 bits per heavy atom. The number of H-pyrrole nitrogens is 1. The van der Waals surface area contributed by atoms with E-state index in [0.29, 0.717) is 18.7 Å². The van der Waals surface area contributed by atoms with Gasteiger partial charge >= 0.3 is 0 Å². The molecule has 22 heavy (non-hydrogen) atoms. The summed E-state index contributed by atoms with van der Waals surface area (Å²) < 4.78 is 5.66. The highest BCUT2D eigenvalue weighted by Crippen LogP contribution is 2.18. The summed E-state index contributed by atoms with van der Waals surface area (Å²) in [5.74, 6) is -0.0852. The van der Waals surface area contributed by atoms with Crippen LogP contribution in [0.1, 0.15) is 28.8 Å². The lowest BCUT2D eigenvalue weighted by molar-refractivity contribution is 0.0507. The van der Waals surface area contributed by atoms with Gasteiger partial charge in [-0.15, -0.1) is 0 Å². The highest BCUT2D eigenvalue weighted by molar-refractivity contribution is 7.07. The van der Waals surface area contributed by atoms with Crippen LogP contribution in [0.25, 0.3) is 0 Å². The number of amides is 1. The summed E-state index contributed by atoms with van der Waals surface area (Å²) in [6, 6.07) is 4.96. The quantitative estimate of drug-likeness (QED) is 0.920. The van der Waals surface area contributed by atoms with E-state index < -0.39 is 0 Å². The first-order valence-electron chi connectivity index (χ1n) is 7.33. The molecule has 2 aromatic heterocycles. The van der Waals surface area contributed by atoms with Gasteiger partial charge in [0.2, 0.25) is 5.56 Å². The van der Waals surface area contributed by atoms with Crippen LogP contribution in [0, 0.1) is 0 Å². The van der Waals surface area contributed by atoms with Gasteiger partial charge in [-0.1, -0.05) is 0 Å². The van der Waals surface area contributed by atoms with Crippen LogP contribution in [0.2, 0.25) is 0 Å². The Balaban J connectivity index is 1.77. The molecule has 116 valence electrons. The number of hydrogen-bond donors (Lipinski definition) is 1. The average molecular weight is 318 g/mol. The molecule has 0 saturated carbocycles. The number of carbonyl (C=O) groups is 1. The topological polar surface area (TPSA) is 62.4 Å². The molecule has 1 aliphatic rings. The normalized spacial score (nSPS) is 17.5. The molecule has 1 amide bonds. The van der Waals surface area contributed by atoms with Crippen LogP contribution < -0.4 is 5.56 Å². The van der Waals surface area contributed by atoms with Gasteiger partial charge in [0.1, 0.15) is 0 Å². The first-order valence-corrected chi connectivity index (χ1v) is 8.27. The third-order valence-electron chi connectivity index (χ3n) is 3.72. The highest BCUT2D eigenvalue weighted by atomic mass is 32.1. The number of pyridine rings is 1. The van der Waals surface area contributed by atoms with E-state index in [1.54, 1.807) is 22.3 Å². The fourth-order valence-corrected chi connectivity index (χ4v) is 3.24. The molecule has 1 fully saturated rings. The van der Waals surface area contributed by atoms with E-state index in [-0.39, 0.29) is 17.6 Å². The molecule has 1 aliphatic heterocycles. The molecule has 0 radical (unpaired) electrons. The maximum Gasteiger partial charge on any atom is 0.255 e. The third-order valence-corrected chi connectivity index (χ3v) is 4.45. The van der Waals surface area contributed by atoms with Gasteiger partial charge in [-0.05, 0) is 41.3 Å². The maximum absolute atomic E-state index is 12.7. The molecule has 6 heteroatoms. The van der Waals surface area contributed by atoms with Crippen molar-refractivity contribution in [3.05, 3.63) is 56.6 Å². The van der Waals surface area contributed by atoms with Gasteiger partial charge in [-0.2, -0.15) is 11.3 Å². The second kappa shape index (κ2) is 6.89. The zero-order chi connectivity index (χ0) is 15.4. The van der Waals surface area contributed by atoms with Crippen molar-refractivity contribution >= 4 is 17.2 Å². The zero-order valence-corrected chi connectivity index (χ0v) is 13.0. The fraction of sp³-hybridized carbons (Fsp3) is 0.375. The Labute approximate surface area is 132 Å². The standard InChI is InChI=1S/C16H18N2O3S/c19-15-4-3-13(8-17-15)16(20)18(9-12-5-7-22-11-12)10-14-2-1-6-21-14/h3-5,7-8,11,14H,1-2,6,9-10H2,(H,17,19)/t14-/m1/s1. The van der Waals surface area contributed by atoms with Crippen molar-refractivity contribution in [1.29, 1.82) is 0 Å². The molecule has 0 aliphatic carbocycles. The summed E-state index contributed by atoms with van der Waals surface area (Å²) >= 11 is 1.62. The molecule has 3 heterocycles. The molecule has 0 spiro atoms. The van der Waals surface area contributed by atoms with Crippen molar-refractivity contribution in [1.82, 2.24) is 9.88 Å². The number of hydrogen-bond acceptors (Lipinski definition) is 4. The number of thiophene rings is 1. The SMILES string of the molecule is O=C(c1ccc(=O)[nH]c1)N(Cc1ccsc1)C[C@H]1CCCO1. The van der Waals surface area contributed by atoms with Crippen LogP contribution in [0.15, 0.2) is 40.0 Å². The lowest BCUT2D eigenvalue weighted by Gasteiger charge is -2.25. The maximum atomic E-state index is 12.7. The van der Waals surface area contributed by atoms with Gasteiger partial charge in [0.15, 0.2) is 0 Å². The number of rotatable bonds is 5. The molecule has 5 nitrogen and oxygen atoms in total. The van der Waals surface area contributed by atoms with Crippen LogP contribution in [0.5, 0.6) is 0 Å². The van der Waals surface area contributed by atoms with E-state index in [4.69, 9.17) is 4.74 Å². The van der Waals surface area contributed by atoms with Crippen molar-refractivity contribution in [2.75, 3.05) is 13.2 Å². The van der Waals surface area contributed by atoms with Gasteiger partial charge in [0, 0.05) is 32.0 Å². The number of aromatic amines is 1. The number of nitrogens with one attached hydrogen (secondary N) is 1. The molecule has 1 saturated heterocycles. The first kappa shape index (κ1) is 15.0. The minimum absolute atomic E-state index is 0.0852. The van der Waals surface area contributed by atoms with Crippen molar-refractivity contribution < 1.29 is 9.53 Å². The van der Waals surface area contributed by atoms with Crippen LogP contribution in [0.3, 0.4) is 0 Å². The summed E-state index contributed by atoms with van der Waals surface area (Å²) in [7, 11) is 0. The van der Waals surface area contributed by atoms with Gasteiger partial charge in [0.05, 0.1) is 11.7 Å². The highest BCUT2D eigenvalue weighted by Gasteiger charge is 2.23. The van der Waals surface area contributed by atoms with E-state index in [0.717, 1.165) is 25.0 Å². The smallest absolute Gasteiger partial charge is 0.255 e. The Morgan fingerprint density at radius 3 is 2.95 bits per heavy atom. The number of ether oxygens (including phenoxy) is 1. The van der Waals surface area contributed by atoms with Crippen molar-refractivity contribution in [2.45, 2.75) is 25.5 Å². The second-order valence-corrected chi connectivity index (χ2v) is 6.17. The molecule has 0 aromatic carbocycles. The summed E-state index contributed by atoms with van der Waals surface area (Å²) in [4.78, 5) is 28.2. The van der Waals surface area contributed by atoms with E-state index in [9.17, 15) is 9.59 Å². The molecule has 3 rings (SSSR count). The molecular weight excluding hydrogens is 300 g/mol. The largest absolute Gasteiger partial charge is 0.376 e. The Morgan fingerprint density at radius 2 is 2.32 bits per heavy atom. The minimum atomic E-state index is -0.208. The van der Waals surface area contributed by atoms with Crippen LogP contribution in [0.4, 0.5) is 0 Å². The molecule has 2 aromatic rings. The van der Waals surface area contributed by atoms with E-state index in [2.05, 4.69) is 4.98 Å². The Hall–Kier alpha value is -1.92. The van der Waals surface area contributed by atoms with Crippen LogP contribution >= 0.6 is 11.3 Å². The van der Waals surface area contributed by atoms with Gasteiger partial charge in [-0.25, -0.2) is 0 Å². The number of nitrogens with zero attached hydrogens (tertiary/aromatic N) is 1. The second-order valence-electron chi connectivity index (χ2n) is 5.39. The Bertz CT molecular complexity index is 654. The lowest BCUT2D eigenvalue weighted by Crippen LogP contribution is -2.37. The number of carbonyl (C=O) groups excluding carboxylic acids is 1. The van der Waals surface area contributed by atoms with Crippen molar-refractivity contribution in [3.63, 3.8) is 0 Å². The van der Waals surface area contributed by atoms with Gasteiger partial charge in [-0.3, -0.25) is 9.59 Å². The van der Waals surface area contributed by atoms with Crippen LogP contribution in [-0.4, -0.2) is 35.0 Å². The lowest BCUT2D eigenvalue weighted by atomic mass is 10.2. The minimum Gasteiger partial charge on any atom is -0.376 e. The molecule has 0 unspecified atom stereocenters. The van der Waals surface area contributed by atoms with Crippen LogP contribution in [-0.2, 0) is 11.3 Å². The van der Waals surface area contributed by atoms with E-state index >= 15 is 0 Å². The molecular formula is C16H18N2O3S. The van der Waals surface area contributed by atoms with Crippen molar-refractivity contribution in [3.8, 4) is 0 Å². The summed E-state index contributed by atoms with van der Waals surface area (Å²) in [5, 5.41) is 4.05. The number of aromatic nitrogens is 1. The zero-order valence-electron chi connectivity index (χ0n) is 12.2. The summed E-state index contributed by atoms with van der Waals surface area (Å²) in [6.45, 7) is 1.90. The molecule has 0 bridgehead atoms. The van der Waals surface area contributed by atoms with E-state index in [1.807, 2.05) is 16.8 Å². The average Bonchev–Trinajstić information content (AvgIpc) is 3.20. The first-order chi connectivity index (χ1) is 10.7. The summed E-state index contributed by atoms with van der Waals surface area (Å²) in [6.07, 6.45) is 3.61. The molecule has 1 N–H and O–H groups in total. The molecule has 1 atom stereocenters.